The maximum absolute atomic E-state index is 13.0. The van der Waals surface area contributed by atoms with Crippen LogP contribution >= 0.6 is 23.7 Å². The number of nitrogens with one attached hydrogen (secondary N) is 2. The molecule has 1 fully saturated rings. The fourth-order valence-electron chi connectivity index (χ4n) is 3.31. The Hall–Kier alpha value is -1.89. The highest BCUT2D eigenvalue weighted by molar-refractivity contribution is 7.12. The highest BCUT2D eigenvalue weighted by Gasteiger charge is 2.25. The lowest BCUT2D eigenvalue weighted by atomic mass is 9.93. The molecule has 2 aromatic rings. The number of carbonyl (C=O) groups excluding carboxylic acids is 2. The van der Waals surface area contributed by atoms with Crippen LogP contribution in [0.2, 0.25) is 0 Å². The van der Waals surface area contributed by atoms with E-state index < -0.39 is 0 Å². The summed E-state index contributed by atoms with van der Waals surface area (Å²) < 4.78 is 0. The highest BCUT2D eigenvalue weighted by Crippen LogP contribution is 2.24. The van der Waals surface area contributed by atoms with E-state index in [-0.39, 0.29) is 24.2 Å². The topological polar surface area (TPSA) is 61.4 Å². The molecule has 146 valence electrons. The van der Waals surface area contributed by atoms with Gasteiger partial charge in [0.15, 0.2) is 0 Å². The summed E-state index contributed by atoms with van der Waals surface area (Å²) in [5, 5.41) is 7.94. The molecule has 2 N–H and O–H groups in total. The fourth-order valence-corrected chi connectivity index (χ4v) is 3.93. The van der Waals surface area contributed by atoms with Gasteiger partial charge in [-0.25, -0.2) is 0 Å². The summed E-state index contributed by atoms with van der Waals surface area (Å²) in [6.45, 7) is 2.58. The van der Waals surface area contributed by atoms with Crippen LogP contribution in [0.1, 0.15) is 39.3 Å². The van der Waals surface area contributed by atoms with Gasteiger partial charge < -0.3 is 15.5 Å². The zero-order valence-electron chi connectivity index (χ0n) is 15.4. The van der Waals surface area contributed by atoms with Crippen molar-refractivity contribution in [3.8, 4) is 0 Å². The average Bonchev–Trinajstić information content (AvgIpc) is 3.22. The third kappa shape index (κ3) is 5.54. The molecular weight excluding hydrogens is 382 g/mol. The van der Waals surface area contributed by atoms with E-state index in [1.807, 2.05) is 35.5 Å². The van der Waals surface area contributed by atoms with Crippen LogP contribution in [0.4, 0.5) is 5.69 Å². The van der Waals surface area contributed by atoms with Crippen molar-refractivity contribution in [1.82, 2.24) is 10.2 Å². The Balaban J connectivity index is 0.00000261. The number of carbonyl (C=O) groups is 2. The summed E-state index contributed by atoms with van der Waals surface area (Å²) >= 11 is 1.39. The van der Waals surface area contributed by atoms with E-state index in [0.717, 1.165) is 38.9 Å². The van der Waals surface area contributed by atoms with Crippen LogP contribution in [0.25, 0.3) is 0 Å². The first-order valence-electron chi connectivity index (χ1n) is 9.07. The van der Waals surface area contributed by atoms with Gasteiger partial charge in [-0.05, 0) is 62.4 Å². The second-order valence-corrected chi connectivity index (χ2v) is 7.55. The lowest BCUT2D eigenvalue weighted by molar-refractivity contribution is 0.0688. The van der Waals surface area contributed by atoms with Crippen molar-refractivity contribution in [3.05, 3.63) is 52.2 Å². The third-order valence-corrected chi connectivity index (χ3v) is 5.72. The van der Waals surface area contributed by atoms with E-state index in [0.29, 0.717) is 22.0 Å². The number of halogens is 1. The summed E-state index contributed by atoms with van der Waals surface area (Å²) in [7, 11) is 1.97. The van der Waals surface area contributed by atoms with E-state index >= 15 is 0 Å². The highest BCUT2D eigenvalue weighted by atomic mass is 35.5. The summed E-state index contributed by atoms with van der Waals surface area (Å²) in [5.41, 5.74) is 1.14. The Morgan fingerprint density at radius 1 is 1.15 bits per heavy atom. The Kier molecular flexibility index (Phi) is 8.28. The lowest BCUT2D eigenvalue weighted by Crippen LogP contribution is -2.39. The monoisotopic (exact) mass is 407 g/mol. The summed E-state index contributed by atoms with van der Waals surface area (Å²) in [5.74, 6) is 0.505. The fraction of sp³-hybridized carbons (Fsp3) is 0.400. The zero-order chi connectivity index (χ0) is 18.4. The van der Waals surface area contributed by atoms with Crippen LogP contribution in [0.5, 0.6) is 0 Å². The molecule has 1 aliphatic heterocycles. The normalized spacial score (nSPS) is 14.5. The Morgan fingerprint density at radius 2 is 1.89 bits per heavy atom. The number of para-hydroxylation sites is 1. The molecule has 0 saturated carbocycles. The van der Waals surface area contributed by atoms with Gasteiger partial charge >= 0.3 is 0 Å². The maximum atomic E-state index is 13.0. The maximum Gasteiger partial charge on any atom is 0.265 e. The van der Waals surface area contributed by atoms with Gasteiger partial charge in [-0.1, -0.05) is 18.2 Å². The molecule has 0 atom stereocenters. The number of hydrogen-bond acceptors (Lipinski definition) is 4. The molecule has 1 aliphatic rings. The molecule has 7 heteroatoms. The quantitative estimate of drug-likeness (QED) is 0.763. The molecule has 27 heavy (non-hydrogen) atoms. The molecule has 0 spiro atoms. The number of likely N-dealkylation sites (tertiary alicyclic amines) is 1. The smallest absolute Gasteiger partial charge is 0.265 e. The number of thiophene rings is 1. The molecule has 1 aromatic heterocycles. The van der Waals surface area contributed by atoms with Crippen LogP contribution in [0.3, 0.4) is 0 Å². The van der Waals surface area contributed by atoms with Gasteiger partial charge in [0.1, 0.15) is 0 Å². The van der Waals surface area contributed by atoms with Gasteiger partial charge in [0.25, 0.3) is 11.8 Å². The number of nitrogens with zero attached hydrogens (tertiary/aromatic N) is 1. The predicted octanol–water partition coefficient (Wildman–Crippen LogP) is 3.88. The largest absolute Gasteiger partial charge is 0.339 e. The second kappa shape index (κ2) is 10.4. The van der Waals surface area contributed by atoms with E-state index in [9.17, 15) is 9.59 Å². The van der Waals surface area contributed by atoms with Gasteiger partial charge in [0.05, 0.1) is 16.1 Å². The number of benzene rings is 1. The first-order chi connectivity index (χ1) is 12.7. The summed E-state index contributed by atoms with van der Waals surface area (Å²) in [6, 6.07) is 10.9. The van der Waals surface area contributed by atoms with Crippen LogP contribution in [-0.2, 0) is 0 Å². The summed E-state index contributed by atoms with van der Waals surface area (Å²) in [4.78, 5) is 27.9. The minimum atomic E-state index is -0.175. The predicted molar refractivity (Wildman–Crippen MR) is 113 cm³/mol. The van der Waals surface area contributed by atoms with Crippen LogP contribution in [-0.4, -0.2) is 43.4 Å². The van der Waals surface area contributed by atoms with Crippen molar-refractivity contribution < 1.29 is 9.59 Å². The number of piperidine rings is 1. The molecule has 5 nitrogen and oxygen atoms in total. The Bertz CT molecular complexity index is 743. The van der Waals surface area contributed by atoms with E-state index in [1.165, 1.54) is 11.3 Å². The molecule has 3 rings (SSSR count). The van der Waals surface area contributed by atoms with Crippen molar-refractivity contribution in [2.45, 2.75) is 19.3 Å². The van der Waals surface area contributed by atoms with Crippen molar-refractivity contribution in [1.29, 1.82) is 0 Å². The number of amides is 2. The Labute approximate surface area is 170 Å². The number of hydrogen-bond donors (Lipinski definition) is 2. The van der Waals surface area contributed by atoms with E-state index in [1.54, 1.807) is 18.2 Å². The van der Waals surface area contributed by atoms with Crippen LogP contribution in [0.15, 0.2) is 41.8 Å². The first-order valence-corrected chi connectivity index (χ1v) is 9.94. The molecular formula is C20H26ClN3O2S. The van der Waals surface area contributed by atoms with Gasteiger partial charge in [-0.2, -0.15) is 0 Å². The standard InChI is InChI=1S/C20H25N3O2S.ClH/c1-21-11-8-15-9-12-23(13-10-15)20(25)16-5-2-3-6-17(16)22-19(24)18-7-4-14-26-18;/h2-7,14-15,21H,8-13H2,1H3,(H,22,24);1H. The molecule has 1 saturated heterocycles. The van der Waals surface area contributed by atoms with E-state index in [2.05, 4.69) is 10.6 Å². The molecule has 1 aromatic carbocycles. The molecule has 0 aliphatic carbocycles. The van der Waals surface area contributed by atoms with Crippen molar-refractivity contribution in [2.24, 2.45) is 5.92 Å². The average molecular weight is 408 g/mol. The van der Waals surface area contributed by atoms with Crippen molar-refractivity contribution in [2.75, 3.05) is 32.0 Å². The first kappa shape index (κ1) is 21.4. The minimum Gasteiger partial charge on any atom is -0.339 e. The van der Waals surface area contributed by atoms with E-state index in [4.69, 9.17) is 0 Å². The van der Waals surface area contributed by atoms with Gasteiger partial charge in [-0.15, -0.1) is 23.7 Å². The molecule has 2 amide bonds. The van der Waals surface area contributed by atoms with Crippen LogP contribution in [0, 0.1) is 5.92 Å². The summed E-state index contributed by atoms with van der Waals surface area (Å²) in [6.07, 6.45) is 3.24. The van der Waals surface area contributed by atoms with Crippen molar-refractivity contribution in [3.63, 3.8) is 0 Å². The SMILES string of the molecule is CNCCC1CCN(C(=O)c2ccccc2NC(=O)c2cccs2)CC1.Cl. The molecule has 0 bridgehead atoms. The van der Waals surface area contributed by atoms with Gasteiger partial charge in [0, 0.05) is 13.1 Å². The molecule has 2 heterocycles. The Morgan fingerprint density at radius 3 is 2.56 bits per heavy atom. The van der Waals surface area contributed by atoms with Gasteiger partial charge in [-0.3, -0.25) is 9.59 Å². The number of anilines is 1. The van der Waals surface area contributed by atoms with Gasteiger partial charge in [0.2, 0.25) is 0 Å². The second-order valence-electron chi connectivity index (χ2n) is 6.60. The molecule has 0 radical (unpaired) electrons. The zero-order valence-corrected chi connectivity index (χ0v) is 17.1. The molecule has 0 unspecified atom stereocenters. The van der Waals surface area contributed by atoms with Crippen LogP contribution < -0.4 is 10.6 Å². The minimum absolute atomic E-state index is 0. The lowest BCUT2D eigenvalue weighted by Gasteiger charge is -2.32. The number of rotatable bonds is 6. The third-order valence-electron chi connectivity index (χ3n) is 4.85. The van der Waals surface area contributed by atoms with Crippen molar-refractivity contribution >= 4 is 41.2 Å².